The van der Waals surface area contributed by atoms with Crippen LogP contribution in [0.15, 0.2) is 34.8 Å². The van der Waals surface area contributed by atoms with Crippen LogP contribution in [0.5, 0.6) is 0 Å². The van der Waals surface area contributed by atoms with E-state index in [1.165, 1.54) is 4.90 Å². The largest absolute Gasteiger partial charge is 0.274 e. The second kappa shape index (κ2) is 4.68. The number of rotatable bonds is 1. The third kappa shape index (κ3) is 1.85. The highest BCUT2D eigenvalue weighted by Gasteiger charge is 2.56. The van der Waals surface area contributed by atoms with Gasteiger partial charge in [0, 0.05) is 4.47 Å². The summed E-state index contributed by atoms with van der Waals surface area (Å²) in [4.78, 5) is 26.8. The Labute approximate surface area is 136 Å². The molecule has 4 atom stereocenters. The second-order valence-corrected chi connectivity index (χ2v) is 7.21. The fraction of sp³-hybridized carbons (Fsp3) is 0.375. The van der Waals surface area contributed by atoms with Crippen LogP contribution in [0.1, 0.15) is 12.8 Å². The molecule has 0 aromatic heterocycles. The first kappa shape index (κ1) is 13.5. The Kier molecular flexibility index (Phi) is 3.02. The van der Waals surface area contributed by atoms with Crippen LogP contribution in [0.25, 0.3) is 0 Å². The van der Waals surface area contributed by atoms with E-state index in [0.29, 0.717) is 10.7 Å². The Balaban J connectivity index is 1.76. The second-order valence-electron chi connectivity index (χ2n) is 5.95. The van der Waals surface area contributed by atoms with Crippen molar-refractivity contribution in [2.45, 2.75) is 12.8 Å². The molecule has 1 aliphatic heterocycles. The number of fused-ring (bicyclic) bond motifs is 1. The highest BCUT2D eigenvalue weighted by Crippen LogP contribution is 2.50. The predicted molar refractivity (Wildman–Crippen MR) is 84.0 cm³/mol. The molecule has 5 rings (SSSR count). The van der Waals surface area contributed by atoms with E-state index in [0.717, 1.165) is 17.3 Å². The van der Waals surface area contributed by atoms with Gasteiger partial charge in [-0.3, -0.25) is 9.59 Å². The minimum atomic E-state index is -0.177. The number of carbonyl (C=O) groups is 2. The van der Waals surface area contributed by atoms with E-state index in [4.69, 9.17) is 11.6 Å². The van der Waals surface area contributed by atoms with E-state index in [9.17, 15) is 9.59 Å². The predicted octanol–water partition coefficient (Wildman–Crippen LogP) is 3.80. The van der Waals surface area contributed by atoms with Crippen molar-refractivity contribution in [2.24, 2.45) is 23.7 Å². The Bertz CT molecular complexity index is 655. The maximum Gasteiger partial charge on any atom is 0.238 e. The number of anilines is 1. The monoisotopic (exact) mass is 365 g/mol. The molecular formula is C16H13BrClNO2. The molecule has 0 spiro atoms. The minimum absolute atomic E-state index is 0.0672. The molecule has 1 saturated carbocycles. The van der Waals surface area contributed by atoms with Gasteiger partial charge >= 0.3 is 0 Å². The van der Waals surface area contributed by atoms with Crippen molar-refractivity contribution in [3.8, 4) is 0 Å². The number of allylic oxidation sites excluding steroid dienone is 2. The van der Waals surface area contributed by atoms with Crippen LogP contribution in [0.4, 0.5) is 5.69 Å². The van der Waals surface area contributed by atoms with Crippen LogP contribution < -0.4 is 4.90 Å². The van der Waals surface area contributed by atoms with Gasteiger partial charge in [-0.25, -0.2) is 4.90 Å². The first-order chi connectivity index (χ1) is 10.1. The van der Waals surface area contributed by atoms with Gasteiger partial charge in [0.2, 0.25) is 11.8 Å². The van der Waals surface area contributed by atoms with Gasteiger partial charge in [0.15, 0.2) is 0 Å². The zero-order valence-corrected chi connectivity index (χ0v) is 13.5. The molecule has 2 amide bonds. The van der Waals surface area contributed by atoms with E-state index in [-0.39, 0.29) is 35.5 Å². The molecule has 2 fully saturated rings. The van der Waals surface area contributed by atoms with Crippen molar-refractivity contribution in [1.82, 2.24) is 0 Å². The van der Waals surface area contributed by atoms with Gasteiger partial charge in [-0.2, -0.15) is 0 Å². The average Bonchev–Trinajstić information content (AvgIpc) is 2.78. The smallest absolute Gasteiger partial charge is 0.238 e. The molecular weight excluding hydrogens is 354 g/mol. The van der Waals surface area contributed by atoms with Crippen molar-refractivity contribution < 1.29 is 9.59 Å². The van der Waals surface area contributed by atoms with Crippen LogP contribution in [0, 0.1) is 23.7 Å². The molecule has 3 aliphatic carbocycles. The van der Waals surface area contributed by atoms with Crippen molar-refractivity contribution in [3.05, 3.63) is 39.8 Å². The Morgan fingerprint density at radius 2 is 1.62 bits per heavy atom. The van der Waals surface area contributed by atoms with Crippen LogP contribution in [0.2, 0.25) is 5.02 Å². The van der Waals surface area contributed by atoms with Crippen LogP contribution in [-0.2, 0) is 9.59 Å². The number of hydrogen-bond acceptors (Lipinski definition) is 2. The molecule has 1 aromatic carbocycles. The number of halogens is 2. The lowest BCUT2D eigenvalue weighted by Gasteiger charge is -2.38. The molecule has 2 bridgehead atoms. The summed E-state index contributed by atoms with van der Waals surface area (Å²) < 4.78 is 0.756. The highest BCUT2D eigenvalue weighted by molar-refractivity contribution is 9.10. The van der Waals surface area contributed by atoms with Crippen molar-refractivity contribution >= 4 is 45.0 Å². The average molecular weight is 367 g/mol. The summed E-state index contributed by atoms with van der Waals surface area (Å²) in [6, 6.07) is 5.21. The molecule has 5 heteroatoms. The van der Waals surface area contributed by atoms with Crippen LogP contribution in [0.3, 0.4) is 0 Å². The van der Waals surface area contributed by atoms with E-state index in [1.807, 2.05) is 0 Å². The number of imide groups is 1. The molecule has 1 aromatic rings. The quantitative estimate of drug-likeness (QED) is 0.560. The Morgan fingerprint density at radius 1 is 1.05 bits per heavy atom. The summed E-state index contributed by atoms with van der Waals surface area (Å²) >= 11 is 9.43. The first-order valence-electron chi connectivity index (χ1n) is 7.09. The summed E-state index contributed by atoms with van der Waals surface area (Å²) in [6.07, 6.45) is 6.27. The van der Waals surface area contributed by atoms with Crippen molar-refractivity contribution in [3.63, 3.8) is 0 Å². The number of carbonyl (C=O) groups excluding carboxylic acids is 2. The molecule has 1 heterocycles. The number of nitrogens with zero attached hydrogens (tertiary/aromatic N) is 1. The zero-order valence-electron chi connectivity index (χ0n) is 11.1. The van der Waals surface area contributed by atoms with Gasteiger partial charge in [0.05, 0.1) is 22.5 Å². The molecule has 108 valence electrons. The number of hydrogen-bond donors (Lipinski definition) is 0. The molecule has 3 nitrogen and oxygen atoms in total. The summed E-state index contributed by atoms with van der Waals surface area (Å²) in [5.74, 6) is -0.0584. The van der Waals surface area contributed by atoms with Gasteiger partial charge < -0.3 is 0 Å². The molecule has 4 aliphatic rings. The fourth-order valence-corrected chi connectivity index (χ4v) is 4.37. The summed E-state index contributed by atoms with van der Waals surface area (Å²) in [5.41, 5.74) is 0.576. The van der Waals surface area contributed by atoms with E-state index in [2.05, 4.69) is 28.1 Å². The first-order valence-corrected chi connectivity index (χ1v) is 8.26. The Hall–Kier alpha value is -1.13. The lowest BCUT2D eigenvalue weighted by atomic mass is 9.63. The van der Waals surface area contributed by atoms with E-state index < -0.39 is 0 Å². The van der Waals surface area contributed by atoms with E-state index >= 15 is 0 Å². The van der Waals surface area contributed by atoms with Gasteiger partial charge in [-0.1, -0.05) is 23.8 Å². The number of amides is 2. The molecule has 0 radical (unpaired) electrons. The third-order valence-corrected chi connectivity index (χ3v) is 6.15. The van der Waals surface area contributed by atoms with Crippen molar-refractivity contribution in [2.75, 3.05) is 4.90 Å². The van der Waals surface area contributed by atoms with Crippen LogP contribution >= 0.6 is 27.5 Å². The van der Waals surface area contributed by atoms with Gasteiger partial charge in [-0.15, -0.1) is 0 Å². The fourth-order valence-electron chi connectivity index (χ4n) is 3.95. The minimum Gasteiger partial charge on any atom is -0.274 e. The van der Waals surface area contributed by atoms with Crippen molar-refractivity contribution in [1.29, 1.82) is 0 Å². The third-order valence-electron chi connectivity index (χ3n) is 4.92. The Morgan fingerprint density at radius 3 is 2.10 bits per heavy atom. The van der Waals surface area contributed by atoms with Gasteiger partial charge in [0.25, 0.3) is 0 Å². The molecule has 21 heavy (non-hydrogen) atoms. The lowest BCUT2D eigenvalue weighted by Crippen LogP contribution is -2.38. The summed E-state index contributed by atoms with van der Waals surface area (Å²) in [5, 5.41) is 0.504. The standard InChI is InChI=1S/C16H13BrClNO2/c17-11-6-5-10(7-12(11)18)19-15(20)13-8-1-2-9(4-3-8)14(13)16(19)21/h1-2,5-9,13-14H,3-4H2/t8-,9+,13-,14?/m0/s1. The lowest BCUT2D eigenvalue weighted by molar-refractivity contribution is -0.124. The molecule has 0 N–H and O–H groups in total. The van der Waals surface area contributed by atoms with Crippen LogP contribution in [-0.4, -0.2) is 11.8 Å². The highest BCUT2D eigenvalue weighted by atomic mass is 79.9. The van der Waals surface area contributed by atoms with Gasteiger partial charge in [-0.05, 0) is 58.8 Å². The zero-order chi connectivity index (χ0) is 14.7. The maximum atomic E-state index is 12.8. The molecule has 1 saturated heterocycles. The maximum absolute atomic E-state index is 12.8. The topological polar surface area (TPSA) is 37.4 Å². The molecule has 1 unspecified atom stereocenters. The summed E-state index contributed by atoms with van der Waals surface area (Å²) in [6.45, 7) is 0. The van der Waals surface area contributed by atoms with E-state index in [1.54, 1.807) is 18.2 Å². The summed E-state index contributed by atoms with van der Waals surface area (Å²) in [7, 11) is 0. The normalized spacial score (nSPS) is 33.7. The van der Waals surface area contributed by atoms with Gasteiger partial charge in [0.1, 0.15) is 0 Å². The number of benzene rings is 1. The SMILES string of the molecule is O=C1C2[C@@H]3C=C[C@@H](CC3)[C@@H]2C(=O)N1c1ccc(Br)c(Cl)c1.